The molecule has 1 fully saturated rings. The van der Waals surface area contributed by atoms with E-state index in [1.54, 1.807) is 36.0 Å². The quantitative estimate of drug-likeness (QED) is 0.252. The largest absolute Gasteiger partial charge is 0.464 e. The standard InChI is InChI=1S/C22H27BrIN7O3/c1-13(25)22(33)34-12-15-4-2-3-5-17(15)28-18-8-19(31-21(29-18)16(23)10-27-31)26-9-14-6-7-20(32)30(24)11-14/h6-8,10-11,13,15,17,26H,2-5,9,12,25H2,1H3,(H,28,29)/t13-,15-,17-/m0/s1. The molecule has 10 nitrogen and oxygen atoms in total. The van der Waals surface area contributed by atoms with Crippen molar-refractivity contribution < 1.29 is 9.53 Å². The number of pyridine rings is 1. The molecular weight excluding hydrogens is 617 g/mol. The van der Waals surface area contributed by atoms with Gasteiger partial charge in [-0.05, 0) is 41.3 Å². The molecule has 1 aliphatic carbocycles. The Morgan fingerprint density at radius 1 is 1.38 bits per heavy atom. The molecule has 4 rings (SSSR count). The third kappa shape index (κ3) is 5.89. The summed E-state index contributed by atoms with van der Waals surface area (Å²) in [5.41, 5.74) is 7.21. The summed E-state index contributed by atoms with van der Waals surface area (Å²) in [6.07, 6.45) is 7.64. The molecule has 0 bridgehead atoms. The fourth-order valence-electron chi connectivity index (χ4n) is 4.04. The van der Waals surface area contributed by atoms with Gasteiger partial charge in [-0.25, -0.2) is 4.98 Å². The van der Waals surface area contributed by atoms with Gasteiger partial charge in [0.25, 0.3) is 5.56 Å². The lowest BCUT2D eigenvalue weighted by Gasteiger charge is -2.32. The zero-order valence-corrected chi connectivity index (χ0v) is 22.5. The minimum Gasteiger partial charge on any atom is -0.464 e. The van der Waals surface area contributed by atoms with Crippen molar-refractivity contribution >= 4 is 62.0 Å². The van der Waals surface area contributed by atoms with Crippen molar-refractivity contribution in [3.63, 3.8) is 0 Å². The number of aromatic nitrogens is 4. The first kappa shape index (κ1) is 24.9. The van der Waals surface area contributed by atoms with Gasteiger partial charge in [-0.15, -0.1) is 0 Å². The van der Waals surface area contributed by atoms with E-state index in [1.807, 2.05) is 28.9 Å². The van der Waals surface area contributed by atoms with Gasteiger partial charge in [0.2, 0.25) is 0 Å². The van der Waals surface area contributed by atoms with E-state index in [-0.39, 0.29) is 23.5 Å². The Labute approximate surface area is 219 Å². The van der Waals surface area contributed by atoms with E-state index in [0.717, 1.165) is 41.5 Å². The average molecular weight is 644 g/mol. The van der Waals surface area contributed by atoms with Crippen LogP contribution in [0.15, 0.2) is 39.9 Å². The summed E-state index contributed by atoms with van der Waals surface area (Å²) in [6.45, 7) is 2.48. The minimum absolute atomic E-state index is 0.0632. The van der Waals surface area contributed by atoms with Crippen molar-refractivity contribution in [3.05, 3.63) is 51.0 Å². The summed E-state index contributed by atoms with van der Waals surface area (Å²) >= 11 is 5.50. The smallest absolute Gasteiger partial charge is 0.322 e. The molecule has 3 aromatic heterocycles. The molecule has 1 saturated carbocycles. The maximum absolute atomic E-state index is 11.9. The second kappa shape index (κ2) is 11.0. The van der Waals surface area contributed by atoms with Gasteiger partial charge in [0.15, 0.2) is 5.65 Å². The monoisotopic (exact) mass is 643 g/mol. The highest BCUT2D eigenvalue weighted by Gasteiger charge is 2.27. The predicted octanol–water partition coefficient (Wildman–Crippen LogP) is 3.32. The van der Waals surface area contributed by atoms with Gasteiger partial charge in [-0.1, -0.05) is 18.9 Å². The first-order valence-electron chi connectivity index (χ1n) is 11.2. The molecule has 0 spiro atoms. The number of nitrogens with zero attached hydrogens (tertiary/aromatic N) is 4. The Balaban J connectivity index is 1.53. The van der Waals surface area contributed by atoms with Gasteiger partial charge in [0.1, 0.15) is 17.7 Å². The topological polar surface area (TPSA) is 129 Å². The van der Waals surface area contributed by atoms with E-state index in [2.05, 4.69) is 31.7 Å². The molecule has 0 saturated heterocycles. The van der Waals surface area contributed by atoms with Crippen LogP contribution in [0, 0.1) is 5.92 Å². The molecular formula is C22H27BrIN7O3. The Hall–Kier alpha value is -2.19. The SMILES string of the molecule is C[C@H](N)C(=O)OC[C@@H]1CCCC[C@@H]1Nc1cc(NCc2ccc(=O)n(I)c2)n2ncc(Br)c2n1. The van der Waals surface area contributed by atoms with Crippen LogP contribution in [0.4, 0.5) is 11.6 Å². The summed E-state index contributed by atoms with van der Waals surface area (Å²) < 4.78 is 9.48. The Kier molecular flexibility index (Phi) is 8.09. The third-order valence-corrected chi connectivity index (χ3v) is 7.20. The molecule has 0 radical (unpaired) electrons. The van der Waals surface area contributed by atoms with Crippen LogP contribution >= 0.6 is 38.8 Å². The second-order valence-corrected chi connectivity index (χ2v) is 10.4. The van der Waals surface area contributed by atoms with Crippen LogP contribution < -0.4 is 21.9 Å². The van der Waals surface area contributed by atoms with Gasteiger partial charge < -0.3 is 21.1 Å². The molecule has 0 aliphatic heterocycles. The van der Waals surface area contributed by atoms with Crippen molar-refractivity contribution in [2.24, 2.45) is 11.7 Å². The third-order valence-electron chi connectivity index (χ3n) is 5.89. The summed E-state index contributed by atoms with van der Waals surface area (Å²) in [6, 6.07) is 4.77. The maximum atomic E-state index is 11.9. The first-order valence-corrected chi connectivity index (χ1v) is 12.9. The molecule has 4 N–H and O–H groups in total. The second-order valence-electron chi connectivity index (χ2n) is 8.51. The molecule has 0 amide bonds. The number of ether oxygens (including phenoxy) is 1. The number of anilines is 2. The van der Waals surface area contributed by atoms with Crippen molar-refractivity contribution in [3.8, 4) is 0 Å². The summed E-state index contributed by atoms with van der Waals surface area (Å²) in [5.74, 6) is 1.28. The number of rotatable bonds is 8. The summed E-state index contributed by atoms with van der Waals surface area (Å²) in [4.78, 5) is 28.3. The van der Waals surface area contributed by atoms with Crippen molar-refractivity contribution in [2.45, 2.75) is 51.2 Å². The van der Waals surface area contributed by atoms with Crippen LogP contribution in [0.25, 0.3) is 5.65 Å². The number of hydrogen-bond donors (Lipinski definition) is 3. The molecule has 182 valence electrons. The normalized spacial score (nSPS) is 19.1. The number of carbonyl (C=O) groups excluding carboxylic acids is 1. The van der Waals surface area contributed by atoms with Crippen LogP contribution in [0.5, 0.6) is 0 Å². The Morgan fingerprint density at radius 3 is 2.94 bits per heavy atom. The molecule has 12 heteroatoms. The zero-order chi connectivity index (χ0) is 24.2. The van der Waals surface area contributed by atoms with E-state index in [0.29, 0.717) is 24.6 Å². The molecule has 0 unspecified atom stereocenters. The predicted molar refractivity (Wildman–Crippen MR) is 142 cm³/mol. The van der Waals surface area contributed by atoms with E-state index in [4.69, 9.17) is 15.5 Å². The number of nitrogens with two attached hydrogens (primary N) is 1. The van der Waals surface area contributed by atoms with E-state index in [1.165, 1.54) is 2.78 Å². The number of esters is 1. The summed E-state index contributed by atoms with van der Waals surface area (Å²) in [7, 11) is 0. The van der Waals surface area contributed by atoms with Gasteiger partial charge in [0, 0.05) is 36.8 Å². The van der Waals surface area contributed by atoms with E-state index < -0.39 is 6.04 Å². The molecule has 3 heterocycles. The lowest BCUT2D eigenvalue weighted by molar-refractivity contribution is -0.146. The Bertz CT molecular complexity index is 1230. The van der Waals surface area contributed by atoms with Crippen LogP contribution in [-0.4, -0.2) is 42.0 Å². The highest BCUT2D eigenvalue weighted by molar-refractivity contribution is 14.1. The summed E-state index contributed by atoms with van der Waals surface area (Å²) in [5, 5.41) is 11.4. The number of hydrogen-bond acceptors (Lipinski definition) is 8. The molecule has 1 aliphatic rings. The van der Waals surface area contributed by atoms with Crippen molar-refractivity contribution in [1.29, 1.82) is 0 Å². The number of nitrogens with one attached hydrogen (secondary N) is 2. The van der Waals surface area contributed by atoms with Crippen LogP contribution in [0.1, 0.15) is 38.2 Å². The molecule has 3 aromatic rings. The van der Waals surface area contributed by atoms with E-state index >= 15 is 0 Å². The lowest BCUT2D eigenvalue weighted by atomic mass is 9.85. The van der Waals surface area contributed by atoms with Crippen molar-refractivity contribution in [2.75, 3.05) is 17.2 Å². The fourth-order valence-corrected chi connectivity index (χ4v) is 4.91. The first-order chi connectivity index (χ1) is 16.3. The highest BCUT2D eigenvalue weighted by atomic mass is 127. The minimum atomic E-state index is -0.626. The maximum Gasteiger partial charge on any atom is 0.322 e. The Morgan fingerprint density at radius 2 is 2.18 bits per heavy atom. The number of fused-ring (bicyclic) bond motifs is 1. The number of halogens is 2. The van der Waals surface area contributed by atoms with Crippen molar-refractivity contribution in [1.82, 2.24) is 17.4 Å². The zero-order valence-electron chi connectivity index (χ0n) is 18.7. The van der Waals surface area contributed by atoms with E-state index in [9.17, 15) is 9.59 Å². The van der Waals surface area contributed by atoms with Crippen LogP contribution in [0.2, 0.25) is 0 Å². The lowest BCUT2D eigenvalue weighted by Crippen LogP contribution is -2.38. The molecule has 3 atom stereocenters. The van der Waals surface area contributed by atoms with Gasteiger partial charge in [0.05, 0.1) is 40.1 Å². The highest BCUT2D eigenvalue weighted by Crippen LogP contribution is 2.29. The number of carbonyl (C=O) groups is 1. The fraction of sp³-hybridized carbons (Fsp3) is 0.455. The van der Waals surface area contributed by atoms with Gasteiger partial charge in [-0.2, -0.15) is 9.61 Å². The van der Waals surface area contributed by atoms with Gasteiger partial charge >= 0.3 is 5.97 Å². The van der Waals surface area contributed by atoms with Crippen LogP contribution in [-0.2, 0) is 16.1 Å². The van der Waals surface area contributed by atoms with Gasteiger partial charge in [-0.3, -0.25) is 12.4 Å². The molecule has 0 aromatic carbocycles. The average Bonchev–Trinajstić information content (AvgIpc) is 3.19. The molecule has 34 heavy (non-hydrogen) atoms. The van der Waals surface area contributed by atoms with Crippen LogP contribution in [0.3, 0.4) is 0 Å².